The summed E-state index contributed by atoms with van der Waals surface area (Å²) in [5.74, 6) is 0. The monoisotopic (exact) mass is 219 g/mol. The van der Waals surface area contributed by atoms with Crippen molar-refractivity contribution in [3.63, 3.8) is 0 Å². The molecule has 0 atom stereocenters. The minimum absolute atomic E-state index is 0.556. The minimum atomic E-state index is -0.556. The van der Waals surface area contributed by atoms with Crippen LogP contribution >= 0.6 is 18.6 Å². The van der Waals surface area contributed by atoms with Crippen molar-refractivity contribution in [1.29, 1.82) is 0 Å². The molecular formula is C6H15Cl2NTi. The Labute approximate surface area is 80.5 Å². The molecule has 0 aliphatic carbocycles. The molecule has 0 heterocycles. The van der Waals surface area contributed by atoms with E-state index in [0.717, 1.165) is 0 Å². The third kappa shape index (κ3) is 22.8. The number of halogens is 2. The molecule has 0 fully saturated rings. The van der Waals surface area contributed by atoms with E-state index in [4.69, 9.17) is 18.6 Å². The van der Waals surface area contributed by atoms with Crippen LogP contribution in [0.5, 0.6) is 0 Å². The topological polar surface area (TPSA) is 12.0 Å². The summed E-state index contributed by atoms with van der Waals surface area (Å²) < 4.78 is 0. The van der Waals surface area contributed by atoms with Gasteiger partial charge in [0.05, 0.1) is 0 Å². The molecule has 0 aromatic carbocycles. The number of nitrogens with one attached hydrogen (secondary N) is 1. The fourth-order valence-corrected chi connectivity index (χ4v) is 0.667. The van der Waals surface area contributed by atoms with Crippen molar-refractivity contribution in [2.24, 2.45) is 0 Å². The van der Waals surface area contributed by atoms with Gasteiger partial charge in [0.2, 0.25) is 0 Å². The number of hydrogen-bond donors (Lipinski definition) is 1. The quantitative estimate of drug-likeness (QED) is 0.705. The number of hydrogen-bond acceptors (Lipinski definition) is 1. The summed E-state index contributed by atoms with van der Waals surface area (Å²) in [6, 6.07) is 1.25. The summed E-state index contributed by atoms with van der Waals surface area (Å²) in [5, 5.41) is 3.31. The molecule has 1 N–H and O–H groups in total. The Bertz CT molecular complexity index is 53.7. The van der Waals surface area contributed by atoms with E-state index in [1.54, 1.807) is 0 Å². The molecule has 0 rings (SSSR count). The molecule has 0 aromatic rings. The molecule has 0 amide bonds. The summed E-state index contributed by atoms with van der Waals surface area (Å²) in [6.45, 7) is 8.61. The van der Waals surface area contributed by atoms with Crippen molar-refractivity contribution < 1.29 is 17.0 Å². The van der Waals surface area contributed by atoms with Crippen LogP contribution < -0.4 is 5.32 Å². The molecule has 10 heavy (non-hydrogen) atoms. The van der Waals surface area contributed by atoms with E-state index >= 15 is 0 Å². The Hall–Kier alpha value is 1.25. The third-order valence-corrected chi connectivity index (χ3v) is 0.667. The van der Waals surface area contributed by atoms with E-state index in [-0.39, 0.29) is 0 Å². The molecule has 0 bridgehead atoms. The van der Waals surface area contributed by atoms with Crippen LogP contribution in [-0.2, 0) is 17.0 Å². The SMILES string of the molecule is CC(C)NC(C)C.[Cl][Ti][Cl]. The van der Waals surface area contributed by atoms with Crippen molar-refractivity contribution in [2.75, 3.05) is 0 Å². The van der Waals surface area contributed by atoms with Gasteiger partial charge in [0.15, 0.2) is 0 Å². The van der Waals surface area contributed by atoms with Crippen molar-refractivity contribution in [3.8, 4) is 0 Å². The predicted octanol–water partition coefficient (Wildman–Crippen LogP) is 2.77. The summed E-state index contributed by atoms with van der Waals surface area (Å²) in [6.07, 6.45) is 0. The van der Waals surface area contributed by atoms with Crippen LogP contribution in [0, 0.1) is 0 Å². The molecule has 1 nitrogen and oxygen atoms in total. The first-order valence-corrected chi connectivity index (χ1v) is 7.56. The Morgan fingerprint density at radius 2 is 1.20 bits per heavy atom. The molecule has 0 aromatic heterocycles. The van der Waals surface area contributed by atoms with Gasteiger partial charge < -0.3 is 5.32 Å². The van der Waals surface area contributed by atoms with Crippen LogP contribution in [0.2, 0.25) is 0 Å². The summed E-state index contributed by atoms with van der Waals surface area (Å²) in [4.78, 5) is 0. The molecule has 0 unspecified atom stereocenters. The van der Waals surface area contributed by atoms with E-state index < -0.39 is 17.0 Å². The second-order valence-electron chi connectivity index (χ2n) is 2.55. The van der Waals surface area contributed by atoms with Gasteiger partial charge in [0.25, 0.3) is 0 Å². The van der Waals surface area contributed by atoms with E-state index in [1.165, 1.54) is 0 Å². The van der Waals surface area contributed by atoms with Crippen LogP contribution in [0.1, 0.15) is 27.7 Å². The molecule has 0 saturated heterocycles. The first-order valence-electron chi connectivity index (χ1n) is 3.26. The Morgan fingerprint density at radius 3 is 1.20 bits per heavy atom. The number of rotatable bonds is 2. The molecule has 0 saturated carbocycles. The summed E-state index contributed by atoms with van der Waals surface area (Å²) >= 11 is -0.556. The van der Waals surface area contributed by atoms with Gasteiger partial charge in [-0.15, -0.1) is 0 Å². The zero-order chi connectivity index (χ0) is 8.57. The Kier molecular flexibility index (Phi) is 14.2. The van der Waals surface area contributed by atoms with Gasteiger partial charge in [0, 0.05) is 12.1 Å². The van der Waals surface area contributed by atoms with E-state index in [0.29, 0.717) is 12.1 Å². The van der Waals surface area contributed by atoms with Gasteiger partial charge in [-0.3, -0.25) is 0 Å². The predicted molar refractivity (Wildman–Crippen MR) is 45.1 cm³/mol. The fourth-order valence-electron chi connectivity index (χ4n) is 0.667. The van der Waals surface area contributed by atoms with Crippen LogP contribution in [0.15, 0.2) is 0 Å². The zero-order valence-electron chi connectivity index (χ0n) is 6.91. The van der Waals surface area contributed by atoms with Crippen LogP contribution in [0.3, 0.4) is 0 Å². The first kappa shape index (κ1) is 13.8. The van der Waals surface area contributed by atoms with E-state index in [2.05, 4.69) is 33.0 Å². The average Bonchev–Trinajstić information content (AvgIpc) is 1.62. The molecule has 0 aliphatic heterocycles. The Balaban J connectivity index is 0. The standard InChI is InChI=1S/C6H15N.2ClH.Ti/c1-5(2)7-6(3)4;;;/h5-7H,1-4H3;2*1H;/q;;;+2/p-2. The second-order valence-corrected chi connectivity index (χ2v) is 5.13. The van der Waals surface area contributed by atoms with Crippen LogP contribution in [0.25, 0.3) is 0 Å². The maximum absolute atomic E-state index is 4.89. The first-order chi connectivity index (χ1) is 4.54. The summed E-state index contributed by atoms with van der Waals surface area (Å²) in [7, 11) is 9.78. The third-order valence-electron chi connectivity index (χ3n) is 0.667. The van der Waals surface area contributed by atoms with Gasteiger partial charge in [-0.25, -0.2) is 0 Å². The average molecular weight is 220 g/mol. The molecular weight excluding hydrogens is 205 g/mol. The molecule has 4 heteroatoms. The van der Waals surface area contributed by atoms with Crippen LogP contribution in [-0.4, -0.2) is 12.1 Å². The molecule has 62 valence electrons. The molecule has 0 spiro atoms. The maximum atomic E-state index is 4.89. The van der Waals surface area contributed by atoms with Crippen molar-refractivity contribution in [2.45, 2.75) is 39.8 Å². The Morgan fingerprint density at radius 1 is 1.00 bits per heavy atom. The van der Waals surface area contributed by atoms with Gasteiger partial charge in [-0.2, -0.15) is 0 Å². The molecule has 0 radical (unpaired) electrons. The van der Waals surface area contributed by atoms with Gasteiger partial charge in [-0.1, -0.05) is 27.7 Å². The zero-order valence-corrected chi connectivity index (χ0v) is 9.98. The van der Waals surface area contributed by atoms with Gasteiger partial charge in [-0.05, 0) is 0 Å². The molecule has 0 aliphatic rings. The van der Waals surface area contributed by atoms with Crippen molar-refractivity contribution in [1.82, 2.24) is 5.32 Å². The summed E-state index contributed by atoms with van der Waals surface area (Å²) in [5.41, 5.74) is 0. The van der Waals surface area contributed by atoms with Gasteiger partial charge in [0.1, 0.15) is 0 Å². The second kappa shape index (κ2) is 10.3. The van der Waals surface area contributed by atoms with E-state index in [1.807, 2.05) is 0 Å². The normalized spacial score (nSPS) is 9.20. The van der Waals surface area contributed by atoms with Gasteiger partial charge >= 0.3 is 35.6 Å². The van der Waals surface area contributed by atoms with Crippen LogP contribution in [0.4, 0.5) is 0 Å². The fraction of sp³-hybridized carbons (Fsp3) is 1.00. The van der Waals surface area contributed by atoms with Crippen molar-refractivity contribution in [3.05, 3.63) is 0 Å². The van der Waals surface area contributed by atoms with E-state index in [9.17, 15) is 0 Å². The van der Waals surface area contributed by atoms with Crippen molar-refractivity contribution >= 4 is 18.6 Å².